The molecule has 0 amide bonds. The third-order valence-electron chi connectivity index (χ3n) is 27.7. The minimum Gasteiger partial charge on any atom is -0.256 e. The van der Waals surface area contributed by atoms with Crippen LogP contribution in [-0.4, -0.2) is 24.9 Å². The van der Waals surface area contributed by atoms with E-state index in [4.69, 9.17) is 9.97 Å². The molecule has 0 aliphatic heterocycles. The number of aromatic nitrogens is 10. The summed E-state index contributed by atoms with van der Waals surface area (Å²) in [6.45, 7) is 15.3. The molecule has 0 spiro atoms. The highest BCUT2D eigenvalue weighted by Gasteiger charge is 2.26. The Balaban J connectivity index is 0.000000101. The van der Waals surface area contributed by atoms with Crippen LogP contribution in [0, 0.1) is 48.5 Å². The first-order valence-electron chi connectivity index (χ1n) is 46.5. The maximum absolute atomic E-state index is 4.71. The molecule has 14 aromatic carbocycles. The van der Waals surface area contributed by atoms with Crippen LogP contribution in [-0.2, 0) is 48.1 Å². The summed E-state index contributed by atoms with van der Waals surface area (Å²) in [4.78, 5) is 23.4. The Bertz CT molecular complexity index is 8720. The highest BCUT2D eigenvalue weighted by Crippen LogP contribution is 2.40. The normalized spacial score (nSPS) is 11.9. The van der Waals surface area contributed by atoms with E-state index in [2.05, 4.69) is 462 Å². The fourth-order valence-electron chi connectivity index (χ4n) is 20.6. The van der Waals surface area contributed by atoms with E-state index in [1.54, 1.807) is 0 Å². The molecule has 134 heavy (non-hydrogen) atoms. The molecular weight excluding hydrogens is 1630 g/mol. The summed E-state index contributed by atoms with van der Waals surface area (Å²) in [5.74, 6) is 0. The Morgan fingerprint density at radius 1 is 0.224 bits per heavy atom. The second-order valence-corrected chi connectivity index (χ2v) is 36.5. The van der Waals surface area contributed by atoms with Crippen LogP contribution < -0.4 is 22.8 Å². The topological polar surface area (TPSA) is 83.8 Å². The van der Waals surface area contributed by atoms with E-state index in [1.165, 1.54) is 256 Å². The molecule has 646 valence electrons. The number of hydrogen-bond donors (Lipinski definition) is 0. The molecule has 0 atom stereocenters. The van der Waals surface area contributed by atoms with Crippen LogP contribution in [0.15, 0.2) is 371 Å². The van der Waals surface area contributed by atoms with E-state index in [0.717, 1.165) is 27.6 Å². The molecule has 0 unspecified atom stereocenters. The van der Waals surface area contributed by atoms with Crippen molar-refractivity contribution in [3.63, 3.8) is 0 Å². The largest absolute Gasteiger partial charge is 0.256 e. The van der Waals surface area contributed by atoms with E-state index < -0.39 is 0 Å². The van der Waals surface area contributed by atoms with E-state index >= 15 is 0 Å². The summed E-state index contributed by atoms with van der Waals surface area (Å²) < 4.78 is 11.2. The average molecular weight is 1740 g/mol. The van der Waals surface area contributed by atoms with Gasteiger partial charge in [-0.1, -0.05) is 188 Å². The summed E-state index contributed by atoms with van der Waals surface area (Å²) in [5, 5.41) is 24.5. The van der Waals surface area contributed by atoms with E-state index in [1.807, 2.05) is 31.0 Å². The van der Waals surface area contributed by atoms with E-state index in [9.17, 15) is 0 Å². The van der Waals surface area contributed by atoms with Gasteiger partial charge in [0.25, 0.3) is 0 Å². The van der Waals surface area contributed by atoms with Crippen molar-refractivity contribution in [3.05, 3.63) is 421 Å². The maximum Gasteiger partial charge on any atom is 0.220 e. The SMILES string of the molecule is Cc1cc2ncc3ccccc3c2cc1-c1c2ccccc2cc[n+]1C.Cc1cc2ncc3ccccc3c2cc1-c1cc(-c2c(C)cccc2C)cc[n+]1C.Cc1cc2ncc3ccccc3c2cc1-c1cc2c(c[n+]1C)CCCC2.Cc1cc2ncc3ccccc3c2cc1-c1cc2ccccc2c[n+]1C.Cc1cc2ncc3ccccc3c2cc1-c1ccc2ccccc2[n+]1C. The smallest absolute Gasteiger partial charge is 0.220 e. The minimum atomic E-state index is 1.04. The zero-order chi connectivity index (χ0) is 91.5. The first-order chi connectivity index (χ1) is 65.4. The van der Waals surface area contributed by atoms with Gasteiger partial charge in [0.2, 0.25) is 34.0 Å². The number of rotatable bonds is 6. The van der Waals surface area contributed by atoms with Crippen LogP contribution >= 0.6 is 0 Å². The molecule has 10 heterocycles. The lowest BCUT2D eigenvalue weighted by atomic mass is 9.91. The van der Waals surface area contributed by atoms with Crippen molar-refractivity contribution in [1.82, 2.24) is 24.9 Å². The maximum atomic E-state index is 4.71. The second kappa shape index (κ2) is 35.7. The van der Waals surface area contributed by atoms with Crippen molar-refractivity contribution in [2.75, 3.05) is 0 Å². The molecule has 0 saturated heterocycles. The van der Waals surface area contributed by atoms with Crippen molar-refractivity contribution >= 4 is 141 Å². The number of hydrogen-bond acceptors (Lipinski definition) is 5. The summed E-state index contributed by atoms with van der Waals surface area (Å²) in [6.07, 6.45) is 23.8. The molecule has 0 saturated carbocycles. The first kappa shape index (κ1) is 84.8. The van der Waals surface area contributed by atoms with Gasteiger partial charge in [0, 0.05) is 166 Å². The lowest BCUT2D eigenvalue weighted by Crippen LogP contribution is -2.32. The Morgan fingerprint density at radius 3 is 1.04 bits per heavy atom. The van der Waals surface area contributed by atoms with Gasteiger partial charge in [-0.15, -0.1) is 0 Å². The second-order valence-electron chi connectivity index (χ2n) is 36.5. The number of pyridine rings is 10. The van der Waals surface area contributed by atoms with Gasteiger partial charge in [0.1, 0.15) is 35.2 Å². The van der Waals surface area contributed by atoms with Gasteiger partial charge in [-0.05, 0) is 252 Å². The highest BCUT2D eigenvalue weighted by molar-refractivity contribution is 6.12. The van der Waals surface area contributed by atoms with Crippen LogP contribution in [0.2, 0.25) is 0 Å². The third-order valence-corrected chi connectivity index (χ3v) is 27.7. The summed E-state index contributed by atoms with van der Waals surface area (Å²) in [5.41, 5.74) is 33.5. The Hall–Kier alpha value is -16.0. The number of fused-ring (bicyclic) bond motifs is 19. The molecule has 1 aliphatic carbocycles. The standard InChI is InChI=1S/C28H25N2.2C24H19N2.C24H23N2.C24H19N2/c1-18-8-7-9-19(2)28(18)21-12-13-30(4)27(15-21)24-16-25-23-11-6-5-10-22(23)17-29-26(25)14-20(24)3;1-16-13-23-22(19-9-5-4-8-18(19)15-25-23)14-21(16)24-20-10-6-3-7-17(20)11-12-26(24)2;1-16-13-22-21(19-9-5-3-8-18(19)15-25-22)14-20(16)24-12-11-17-7-4-6-10-23(17)26(24)2;2*1-16-11-23-22(20-10-6-5-8-18(20)14-25-23)13-21(16)24-12-17-7-3-4-9-19(17)15-26(24)2/h5-17H,1-4H3;2*3-15H,1-2H3;5-6,8,10-15H,3-4,7,9H2,1-2H3;3-15H,1-2H3/q5*+1. The number of aryl methyl sites for hydroxylation is 14. The van der Waals surface area contributed by atoms with Crippen LogP contribution in [0.5, 0.6) is 0 Å². The summed E-state index contributed by atoms with van der Waals surface area (Å²) in [7, 11) is 10.7. The Morgan fingerprint density at radius 2 is 0.575 bits per heavy atom. The molecule has 10 heteroatoms. The fourth-order valence-corrected chi connectivity index (χ4v) is 20.6. The first-order valence-corrected chi connectivity index (χ1v) is 46.5. The van der Waals surface area contributed by atoms with Crippen LogP contribution in [0.25, 0.3) is 208 Å². The molecule has 0 bridgehead atoms. The van der Waals surface area contributed by atoms with Gasteiger partial charge in [-0.25, -0.2) is 18.3 Å². The Kier molecular flexibility index (Phi) is 22.6. The summed E-state index contributed by atoms with van der Waals surface area (Å²) in [6, 6.07) is 113. The molecule has 24 aromatic rings. The average Bonchev–Trinajstić information content (AvgIpc) is 0.762. The van der Waals surface area contributed by atoms with Gasteiger partial charge in [-0.3, -0.25) is 24.9 Å². The molecule has 1 aliphatic rings. The molecule has 10 aromatic heterocycles. The van der Waals surface area contributed by atoms with Gasteiger partial charge in [0.15, 0.2) is 24.8 Å². The third kappa shape index (κ3) is 16.1. The van der Waals surface area contributed by atoms with Crippen molar-refractivity contribution in [3.8, 4) is 67.4 Å². The number of para-hydroxylation sites is 1. The Labute approximate surface area is 781 Å². The van der Waals surface area contributed by atoms with Gasteiger partial charge in [-0.2, -0.15) is 4.57 Å². The van der Waals surface area contributed by atoms with Crippen LogP contribution in [0.1, 0.15) is 62.9 Å². The predicted molar refractivity (Wildman–Crippen MR) is 557 cm³/mol. The zero-order valence-corrected chi connectivity index (χ0v) is 78.0. The zero-order valence-electron chi connectivity index (χ0n) is 78.0. The van der Waals surface area contributed by atoms with Crippen LogP contribution in [0.4, 0.5) is 0 Å². The highest BCUT2D eigenvalue weighted by atomic mass is 15.0. The van der Waals surface area contributed by atoms with Crippen molar-refractivity contribution in [2.24, 2.45) is 35.2 Å². The molecular formula is C124H105N10+5. The van der Waals surface area contributed by atoms with Crippen LogP contribution in [0.3, 0.4) is 0 Å². The van der Waals surface area contributed by atoms with Crippen molar-refractivity contribution in [2.45, 2.75) is 74.1 Å². The molecule has 0 radical (unpaired) electrons. The van der Waals surface area contributed by atoms with Crippen molar-refractivity contribution < 1.29 is 22.8 Å². The van der Waals surface area contributed by atoms with Gasteiger partial charge in [0.05, 0.1) is 38.5 Å². The number of nitrogens with zero attached hydrogens (tertiary/aromatic N) is 10. The minimum absolute atomic E-state index is 1.04. The van der Waals surface area contributed by atoms with Gasteiger partial charge >= 0.3 is 0 Å². The predicted octanol–water partition coefficient (Wildman–Crippen LogP) is 27.6. The van der Waals surface area contributed by atoms with E-state index in [0.29, 0.717) is 0 Å². The van der Waals surface area contributed by atoms with Crippen molar-refractivity contribution in [1.29, 1.82) is 0 Å². The summed E-state index contributed by atoms with van der Waals surface area (Å²) >= 11 is 0. The lowest BCUT2D eigenvalue weighted by Gasteiger charge is -2.16. The monoisotopic (exact) mass is 1730 g/mol. The van der Waals surface area contributed by atoms with Gasteiger partial charge < -0.3 is 0 Å². The molecule has 10 nitrogen and oxygen atoms in total. The molecule has 25 rings (SSSR count). The molecule has 0 fully saturated rings. The number of benzene rings is 14. The quantitative estimate of drug-likeness (QED) is 0.122. The fraction of sp³-hybridized carbons (Fsp3) is 0.129. The molecule has 0 N–H and O–H groups in total. The lowest BCUT2D eigenvalue weighted by molar-refractivity contribution is -0.661. The van der Waals surface area contributed by atoms with E-state index in [-0.39, 0.29) is 0 Å².